The summed E-state index contributed by atoms with van der Waals surface area (Å²) < 4.78 is 0. The molecule has 2 N–H and O–H groups in total. The smallest absolute Gasteiger partial charge is 0.303 e. The molecule has 1 saturated heterocycles. The number of nitrogens with one attached hydrogen (secondary N) is 1. The zero-order valence-corrected chi connectivity index (χ0v) is 16.5. The summed E-state index contributed by atoms with van der Waals surface area (Å²) in [6, 6.07) is 8.35. The summed E-state index contributed by atoms with van der Waals surface area (Å²) in [4.78, 5) is 38.1. The molecule has 1 aliphatic rings. The monoisotopic (exact) mass is 392 g/mol. The molecule has 0 radical (unpaired) electrons. The zero-order valence-electron chi connectivity index (χ0n) is 15.7. The molecule has 1 aromatic carbocycles. The van der Waals surface area contributed by atoms with Crippen LogP contribution in [0.4, 0.5) is 0 Å². The molecule has 1 fully saturated rings. The maximum atomic E-state index is 13.0. The van der Waals surface area contributed by atoms with Gasteiger partial charge >= 0.3 is 5.97 Å². The molecule has 2 amide bonds. The van der Waals surface area contributed by atoms with Crippen molar-refractivity contribution in [1.29, 1.82) is 0 Å². The van der Waals surface area contributed by atoms with Crippen molar-refractivity contribution in [1.82, 2.24) is 10.2 Å². The Kier molecular flexibility index (Phi) is 8.64. The van der Waals surface area contributed by atoms with Gasteiger partial charge in [0, 0.05) is 25.1 Å². The first-order valence-electron chi connectivity index (χ1n) is 9.36. The molecule has 148 valence electrons. The average Bonchev–Trinajstić information content (AvgIpc) is 2.69. The van der Waals surface area contributed by atoms with Crippen LogP contribution in [0.5, 0.6) is 0 Å². The van der Waals surface area contributed by atoms with Crippen LogP contribution in [0, 0.1) is 5.92 Å². The summed E-state index contributed by atoms with van der Waals surface area (Å²) >= 11 is 1.64. The molecule has 2 atom stereocenters. The SMILES string of the molecule is CSCCC(NC(=O)c1ccccc1)C(=O)N1CCCC(CCC(=O)O)C1. The fourth-order valence-electron chi connectivity index (χ4n) is 3.37. The summed E-state index contributed by atoms with van der Waals surface area (Å²) in [5.41, 5.74) is 0.539. The molecule has 6 nitrogen and oxygen atoms in total. The molecule has 1 aromatic rings. The summed E-state index contributed by atoms with van der Waals surface area (Å²) in [6.45, 7) is 1.24. The second-order valence-electron chi connectivity index (χ2n) is 6.90. The number of rotatable bonds is 9. The van der Waals surface area contributed by atoms with E-state index < -0.39 is 12.0 Å². The first-order valence-corrected chi connectivity index (χ1v) is 10.8. The Balaban J connectivity index is 2.00. The molecule has 1 aliphatic heterocycles. The number of carbonyl (C=O) groups excluding carboxylic acids is 2. The predicted molar refractivity (Wildman–Crippen MR) is 107 cm³/mol. The third-order valence-corrected chi connectivity index (χ3v) is 5.49. The number of aliphatic carboxylic acids is 1. The summed E-state index contributed by atoms with van der Waals surface area (Å²) in [6.07, 6.45) is 5.09. The van der Waals surface area contributed by atoms with Gasteiger partial charge in [-0.1, -0.05) is 18.2 Å². The number of piperidine rings is 1. The zero-order chi connectivity index (χ0) is 19.6. The standard InChI is InChI=1S/C20H28N2O4S/c1-27-13-11-17(21-19(25)16-7-3-2-4-8-16)20(26)22-12-5-6-15(14-22)9-10-18(23)24/h2-4,7-8,15,17H,5-6,9-14H2,1H3,(H,21,25)(H,23,24). The third kappa shape index (κ3) is 6.90. The quantitative estimate of drug-likeness (QED) is 0.675. The summed E-state index contributed by atoms with van der Waals surface area (Å²) in [5.74, 6) is -0.110. The Bertz CT molecular complexity index is 638. The van der Waals surface area contributed by atoms with Crippen molar-refractivity contribution in [3.8, 4) is 0 Å². The van der Waals surface area contributed by atoms with Crippen LogP contribution in [0.2, 0.25) is 0 Å². The van der Waals surface area contributed by atoms with Gasteiger partial charge in [0.2, 0.25) is 5.91 Å². The molecule has 0 aromatic heterocycles. The molecular weight excluding hydrogens is 364 g/mol. The largest absolute Gasteiger partial charge is 0.481 e. The van der Waals surface area contributed by atoms with Crippen molar-refractivity contribution in [3.63, 3.8) is 0 Å². The van der Waals surface area contributed by atoms with Gasteiger partial charge in [0.25, 0.3) is 5.91 Å². The number of likely N-dealkylation sites (tertiary alicyclic amines) is 1. The highest BCUT2D eigenvalue weighted by molar-refractivity contribution is 7.98. The van der Waals surface area contributed by atoms with Gasteiger partial charge < -0.3 is 15.3 Å². The number of carboxylic acid groups (broad SMARTS) is 1. The van der Waals surface area contributed by atoms with Crippen molar-refractivity contribution in [2.45, 2.75) is 38.1 Å². The van der Waals surface area contributed by atoms with Gasteiger partial charge in [0.1, 0.15) is 6.04 Å². The Morgan fingerprint density at radius 1 is 1.30 bits per heavy atom. The Morgan fingerprint density at radius 3 is 2.70 bits per heavy atom. The molecule has 0 saturated carbocycles. The lowest BCUT2D eigenvalue weighted by Gasteiger charge is -2.35. The van der Waals surface area contributed by atoms with Gasteiger partial charge in [-0.2, -0.15) is 11.8 Å². The predicted octanol–water partition coefficient (Wildman–Crippen LogP) is 2.64. The van der Waals surface area contributed by atoms with Gasteiger partial charge in [-0.05, 0) is 55.7 Å². The van der Waals surface area contributed by atoms with Crippen LogP contribution in [0.15, 0.2) is 30.3 Å². The Hall–Kier alpha value is -2.02. The summed E-state index contributed by atoms with van der Waals surface area (Å²) in [5, 5.41) is 11.8. The minimum Gasteiger partial charge on any atom is -0.481 e. The molecule has 2 unspecified atom stereocenters. The van der Waals surface area contributed by atoms with E-state index in [2.05, 4.69) is 5.32 Å². The Labute approximate surface area is 164 Å². The van der Waals surface area contributed by atoms with Gasteiger partial charge in [-0.3, -0.25) is 14.4 Å². The molecule has 7 heteroatoms. The van der Waals surface area contributed by atoms with Crippen LogP contribution in [0.3, 0.4) is 0 Å². The van der Waals surface area contributed by atoms with Crippen LogP contribution >= 0.6 is 11.8 Å². The van der Waals surface area contributed by atoms with Crippen LogP contribution in [-0.4, -0.2) is 58.9 Å². The molecule has 1 heterocycles. The van der Waals surface area contributed by atoms with Crippen molar-refractivity contribution in [2.24, 2.45) is 5.92 Å². The molecule has 0 aliphatic carbocycles. The lowest BCUT2D eigenvalue weighted by molar-refractivity contribution is -0.137. The van der Waals surface area contributed by atoms with E-state index in [1.807, 2.05) is 12.3 Å². The lowest BCUT2D eigenvalue weighted by Crippen LogP contribution is -2.51. The highest BCUT2D eigenvalue weighted by atomic mass is 32.2. The number of thioether (sulfide) groups is 1. The lowest BCUT2D eigenvalue weighted by atomic mass is 9.93. The second-order valence-corrected chi connectivity index (χ2v) is 7.88. The molecule has 2 rings (SSSR count). The molecule has 0 bridgehead atoms. The van der Waals surface area contributed by atoms with Crippen LogP contribution in [-0.2, 0) is 9.59 Å². The molecule has 0 spiro atoms. The highest BCUT2D eigenvalue weighted by Crippen LogP contribution is 2.22. The van der Waals surface area contributed by atoms with Crippen molar-refractivity contribution < 1.29 is 19.5 Å². The van der Waals surface area contributed by atoms with Gasteiger partial charge in [0.15, 0.2) is 0 Å². The van der Waals surface area contributed by atoms with E-state index in [9.17, 15) is 14.4 Å². The topological polar surface area (TPSA) is 86.7 Å². The van der Waals surface area contributed by atoms with Gasteiger partial charge in [-0.25, -0.2) is 0 Å². The number of amides is 2. The van der Waals surface area contributed by atoms with E-state index in [4.69, 9.17) is 5.11 Å². The fourth-order valence-corrected chi connectivity index (χ4v) is 3.84. The van der Waals surface area contributed by atoms with Crippen LogP contribution in [0.25, 0.3) is 0 Å². The summed E-state index contributed by atoms with van der Waals surface area (Å²) in [7, 11) is 0. The maximum Gasteiger partial charge on any atom is 0.303 e. The van der Waals surface area contributed by atoms with E-state index in [-0.39, 0.29) is 24.2 Å². The number of nitrogens with zero attached hydrogens (tertiary/aromatic N) is 1. The first-order chi connectivity index (χ1) is 13.0. The van der Waals surface area contributed by atoms with Crippen LogP contribution in [0.1, 0.15) is 42.5 Å². The third-order valence-electron chi connectivity index (χ3n) is 4.85. The van der Waals surface area contributed by atoms with Gasteiger partial charge in [-0.15, -0.1) is 0 Å². The normalized spacial score (nSPS) is 18.0. The van der Waals surface area contributed by atoms with Crippen molar-refractivity contribution >= 4 is 29.5 Å². The first kappa shape index (κ1) is 21.3. The number of benzene rings is 1. The van der Waals surface area contributed by atoms with E-state index in [0.717, 1.165) is 18.6 Å². The number of carboxylic acids is 1. The second kappa shape index (κ2) is 11.0. The van der Waals surface area contributed by atoms with E-state index in [1.54, 1.807) is 40.9 Å². The fraction of sp³-hybridized carbons (Fsp3) is 0.550. The highest BCUT2D eigenvalue weighted by Gasteiger charge is 2.30. The minimum atomic E-state index is -0.800. The van der Waals surface area contributed by atoms with Gasteiger partial charge in [0.05, 0.1) is 0 Å². The van der Waals surface area contributed by atoms with Crippen molar-refractivity contribution in [3.05, 3.63) is 35.9 Å². The van der Waals surface area contributed by atoms with E-state index in [1.165, 1.54) is 0 Å². The van der Waals surface area contributed by atoms with E-state index in [0.29, 0.717) is 31.5 Å². The minimum absolute atomic E-state index is 0.0617. The van der Waals surface area contributed by atoms with Crippen LogP contribution < -0.4 is 5.32 Å². The Morgan fingerprint density at radius 2 is 2.04 bits per heavy atom. The number of carbonyl (C=O) groups is 3. The average molecular weight is 393 g/mol. The van der Waals surface area contributed by atoms with Crippen molar-refractivity contribution in [2.75, 3.05) is 25.1 Å². The molecular formula is C20H28N2O4S. The number of hydrogen-bond donors (Lipinski definition) is 2. The molecule has 27 heavy (non-hydrogen) atoms. The maximum absolute atomic E-state index is 13.0. The number of hydrogen-bond acceptors (Lipinski definition) is 4. The van der Waals surface area contributed by atoms with E-state index >= 15 is 0 Å².